The molecule has 1 rings (SSSR count). The first-order valence-electron chi connectivity index (χ1n) is 8.92. The summed E-state index contributed by atoms with van der Waals surface area (Å²) in [6.45, 7) is 9.28. The number of nitrogens with zero attached hydrogens (tertiary/aromatic N) is 1. The molecule has 1 aliphatic carbocycles. The van der Waals surface area contributed by atoms with Crippen LogP contribution in [-0.2, 0) is 19.1 Å². The predicted molar refractivity (Wildman–Crippen MR) is 97.3 cm³/mol. The molecule has 3 atom stereocenters. The van der Waals surface area contributed by atoms with E-state index >= 15 is 0 Å². The van der Waals surface area contributed by atoms with Crippen LogP contribution in [0.1, 0.15) is 53.9 Å². The summed E-state index contributed by atoms with van der Waals surface area (Å²) in [5.41, 5.74) is 6.27. The number of nitrogens with one attached hydrogen (secondary N) is 1. The lowest BCUT2D eigenvalue weighted by atomic mass is 9.87. The minimum Gasteiger partial charge on any atom is -0.463 e. The summed E-state index contributed by atoms with van der Waals surface area (Å²) in [7, 11) is 0. The van der Waals surface area contributed by atoms with E-state index in [-0.39, 0.29) is 30.1 Å². The van der Waals surface area contributed by atoms with Crippen LogP contribution in [0.5, 0.6) is 0 Å². The molecule has 0 aromatic heterocycles. The molecule has 25 heavy (non-hydrogen) atoms. The maximum Gasteiger partial charge on any atom is 0.333 e. The number of esters is 1. The van der Waals surface area contributed by atoms with E-state index in [2.05, 4.69) is 10.3 Å². The number of carbonyl (C=O) groups is 2. The third-order valence-corrected chi connectivity index (χ3v) is 4.10. The van der Waals surface area contributed by atoms with Crippen molar-refractivity contribution in [3.63, 3.8) is 0 Å². The molecular weight excluding hydrogens is 322 g/mol. The number of hydrogen-bond acceptors (Lipinski definition) is 5. The lowest BCUT2D eigenvalue weighted by molar-refractivity contribution is -0.139. The van der Waals surface area contributed by atoms with Crippen molar-refractivity contribution in [1.29, 1.82) is 0 Å². The summed E-state index contributed by atoms with van der Waals surface area (Å²) >= 11 is 0. The largest absolute Gasteiger partial charge is 0.463 e. The number of amidine groups is 1. The van der Waals surface area contributed by atoms with E-state index in [0.717, 1.165) is 12.8 Å². The number of amides is 1. The Morgan fingerprint density at radius 3 is 2.44 bits per heavy atom. The summed E-state index contributed by atoms with van der Waals surface area (Å²) in [6.07, 6.45) is 3.35. The van der Waals surface area contributed by atoms with Crippen LogP contribution in [0.3, 0.4) is 0 Å². The number of ether oxygens (including phenoxy) is 2. The molecule has 0 heterocycles. The van der Waals surface area contributed by atoms with Crippen LogP contribution < -0.4 is 11.1 Å². The van der Waals surface area contributed by atoms with Crippen molar-refractivity contribution in [3.8, 4) is 0 Å². The minimum absolute atomic E-state index is 0.0302. The zero-order chi connectivity index (χ0) is 19.0. The lowest BCUT2D eigenvalue weighted by Gasteiger charge is -2.36. The van der Waals surface area contributed by atoms with E-state index in [0.29, 0.717) is 24.4 Å². The van der Waals surface area contributed by atoms with E-state index in [9.17, 15) is 9.59 Å². The average molecular weight is 353 g/mol. The molecule has 1 amide bonds. The zero-order valence-electron chi connectivity index (χ0n) is 15.9. The molecule has 1 aliphatic rings. The highest BCUT2D eigenvalue weighted by Crippen LogP contribution is 2.27. The van der Waals surface area contributed by atoms with Crippen molar-refractivity contribution in [1.82, 2.24) is 5.32 Å². The first-order valence-corrected chi connectivity index (χ1v) is 8.92. The van der Waals surface area contributed by atoms with Gasteiger partial charge in [0.15, 0.2) is 0 Å². The number of aliphatic imine (C=N–C) groups is 1. The Kier molecular flexibility index (Phi) is 8.61. The summed E-state index contributed by atoms with van der Waals surface area (Å²) in [5.74, 6) is -0.158. The molecule has 0 radical (unpaired) electrons. The van der Waals surface area contributed by atoms with Gasteiger partial charge in [0.05, 0.1) is 36.7 Å². The molecule has 142 valence electrons. The third kappa shape index (κ3) is 6.49. The van der Waals surface area contributed by atoms with Crippen LogP contribution in [0.2, 0.25) is 0 Å². The number of hydrogen-bond donors (Lipinski definition) is 2. The van der Waals surface area contributed by atoms with Gasteiger partial charge >= 0.3 is 5.97 Å². The Labute approximate surface area is 150 Å². The van der Waals surface area contributed by atoms with Gasteiger partial charge < -0.3 is 20.5 Å². The fourth-order valence-electron chi connectivity index (χ4n) is 2.94. The summed E-state index contributed by atoms with van der Waals surface area (Å²) < 4.78 is 11.3. The van der Waals surface area contributed by atoms with Gasteiger partial charge in [-0.1, -0.05) is 13.8 Å². The maximum absolute atomic E-state index is 12.2. The van der Waals surface area contributed by atoms with Gasteiger partial charge in [0.1, 0.15) is 0 Å². The second kappa shape index (κ2) is 10.2. The van der Waals surface area contributed by atoms with Crippen LogP contribution in [0.4, 0.5) is 0 Å². The fraction of sp³-hybridized carbons (Fsp3) is 0.722. The van der Waals surface area contributed by atoms with Gasteiger partial charge in [-0.15, -0.1) is 0 Å². The van der Waals surface area contributed by atoms with Crippen LogP contribution >= 0.6 is 0 Å². The van der Waals surface area contributed by atoms with Crippen molar-refractivity contribution in [2.24, 2.45) is 10.7 Å². The van der Waals surface area contributed by atoms with Gasteiger partial charge in [0.2, 0.25) is 5.91 Å². The van der Waals surface area contributed by atoms with Crippen molar-refractivity contribution in [2.45, 2.75) is 78.2 Å². The third-order valence-electron chi connectivity index (χ3n) is 4.10. The van der Waals surface area contributed by atoms with Crippen molar-refractivity contribution in [2.75, 3.05) is 6.61 Å². The molecule has 7 nitrogen and oxygen atoms in total. The van der Waals surface area contributed by atoms with E-state index in [4.69, 9.17) is 15.2 Å². The molecule has 0 saturated heterocycles. The molecule has 0 aliphatic heterocycles. The van der Waals surface area contributed by atoms with E-state index in [1.807, 2.05) is 13.8 Å². The summed E-state index contributed by atoms with van der Waals surface area (Å²) in [6, 6.07) is -0.757. The quantitative estimate of drug-likeness (QED) is 0.393. The van der Waals surface area contributed by atoms with Crippen molar-refractivity contribution < 1.29 is 19.1 Å². The van der Waals surface area contributed by atoms with Gasteiger partial charge in [-0.3, -0.25) is 9.79 Å². The summed E-state index contributed by atoms with van der Waals surface area (Å²) in [4.78, 5) is 28.3. The van der Waals surface area contributed by atoms with Gasteiger partial charge in [-0.2, -0.15) is 0 Å². The Hall–Kier alpha value is -1.89. The topological polar surface area (TPSA) is 103 Å². The minimum atomic E-state index is -0.463. The molecule has 0 fully saturated rings. The number of carbonyl (C=O) groups excluding carboxylic acids is 2. The highest BCUT2D eigenvalue weighted by molar-refractivity contribution is 5.89. The van der Waals surface area contributed by atoms with Crippen LogP contribution in [0.25, 0.3) is 0 Å². The molecule has 0 spiro atoms. The van der Waals surface area contributed by atoms with Crippen LogP contribution in [0, 0.1) is 0 Å². The number of nitrogens with two attached hydrogens (primary N) is 1. The maximum atomic E-state index is 12.2. The second-order valence-corrected chi connectivity index (χ2v) is 6.22. The Morgan fingerprint density at radius 2 is 1.96 bits per heavy atom. The number of rotatable bonds is 8. The van der Waals surface area contributed by atoms with Crippen molar-refractivity contribution in [3.05, 3.63) is 11.6 Å². The molecule has 3 N–H and O–H groups in total. The SMILES string of the molecule is CCOC(=O)C1=C[C@@H](OC(CC)CC)[C@H](NC(C)=O)[C@@H](N=C(C)N)C1. The molecule has 7 heteroatoms. The molecule has 0 aromatic carbocycles. The molecule has 0 unspecified atom stereocenters. The zero-order valence-corrected chi connectivity index (χ0v) is 15.9. The average Bonchev–Trinajstić information content (AvgIpc) is 2.54. The first kappa shape index (κ1) is 21.2. The normalized spacial score (nSPS) is 24.0. The Balaban J connectivity index is 3.22. The smallest absolute Gasteiger partial charge is 0.333 e. The molecular formula is C18H31N3O4. The molecule has 0 saturated carbocycles. The van der Waals surface area contributed by atoms with Gasteiger partial charge in [-0.05, 0) is 32.8 Å². The summed E-state index contributed by atoms with van der Waals surface area (Å²) in [5, 5.41) is 2.91. The Morgan fingerprint density at radius 1 is 1.32 bits per heavy atom. The van der Waals surface area contributed by atoms with Crippen LogP contribution in [-0.4, -0.2) is 48.6 Å². The second-order valence-electron chi connectivity index (χ2n) is 6.22. The van der Waals surface area contributed by atoms with E-state index in [1.54, 1.807) is 19.9 Å². The highest BCUT2D eigenvalue weighted by Gasteiger charge is 2.37. The van der Waals surface area contributed by atoms with Gasteiger partial charge in [-0.25, -0.2) is 4.79 Å². The highest BCUT2D eigenvalue weighted by atomic mass is 16.5. The Bertz CT molecular complexity index is 522. The molecule has 0 bridgehead atoms. The van der Waals surface area contributed by atoms with Crippen LogP contribution in [0.15, 0.2) is 16.6 Å². The first-order chi connectivity index (χ1) is 11.8. The predicted octanol–water partition coefficient (Wildman–Crippen LogP) is 1.70. The fourth-order valence-corrected chi connectivity index (χ4v) is 2.94. The monoisotopic (exact) mass is 353 g/mol. The lowest BCUT2D eigenvalue weighted by Crippen LogP contribution is -2.53. The van der Waals surface area contributed by atoms with Gasteiger partial charge in [0.25, 0.3) is 0 Å². The molecule has 0 aromatic rings. The van der Waals surface area contributed by atoms with E-state index in [1.165, 1.54) is 6.92 Å². The van der Waals surface area contributed by atoms with E-state index < -0.39 is 6.10 Å². The standard InChI is InChI=1S/C18H31N3O4/c1-6-14(7-2)25-16-10-13(18(23)24-8-3)9-15(20-11(4)19)17(16)21-12(5)22/h10,14-17H,6-9H2,1-5H3,(H2,19,20)(H,21,22)/t15-,16+,17+/m0/s1. The van der Waals surface area contributed by atoms with Crippen molar-refractivity contribution >= 4 is 17.7 Å². The van der Waals surface area contributed by atoms with Gasteiger partial charge in [0, 0.05) is 18.9 Å².